The molecule has 0 saturated carbocycles. The fourth-order valence-electron chi connectivity index (χ4n) is 1.70. The Morgan fingerprint density at radius 3 is 2.55 bits per heavy atom. The molecule has 0 aliphatic carbocycles. The van der Waals surface area contributed by atoms with Gasteiger partial charge in [-0.15, -0.1) is 0 Å². The quantitative estimate of drug-likeness (QED) is 0.834. The van der Waals surface area contributed by atoms with Crippen LogP contribution < -0.4 is 4.72 Å². The third-order valence-electron chi connectivity index (χ3n) is 2.47. The molecular formula is C12H17ClFNO4S. The summed E-state index contributed by atoms with van der Waals surface area (Å²) in [6.45, 7) is 2.86. The Bertz CT molecular complexity index is 589. The second-order valence-electron chi connectivity index (χ2n) is 4.96. The normalized spacial score (nSPS) is 12.7. The first-order valence-corrected chi connectivity index (χ1v) is 7.61. The summed E-state index contributed by atoms with van der Waals surface area (Å²) in [7, 11) is -2.51. The van der Waals surface area contributed by atoms with Gasteiger partial charge in [-0.2, -0.15) is 0 Å². The number of rotatable bonds is 6. The number of methoxy groups -OCH3 is 1. The fourth-order valence-corrected chi connectivity index (χ4v) is 3.33. The number of hydrogen-bond acceptors (Lipinski definition) is 4. The van der Waals surface area contributed by atoms with E-state index in [2.05, 4.69) is 4.72 Å². The average Bonchev–Trinajstić information content (AvgIpc) is 2.30. The van der Waals surface area contributed by atoms with Gasteiger partial charge in [0, 0.05) is 12.7 Å². The van der Waals surface area contributed by atoms with Crippen molar-refractivity contribution in [2.45, 2.75) is 30.9 Å². The molecule has 2 N–H and O–H groups in total. The highest BCUT2D eigenvalue weighted by Crippen LogP contribution is 2.25. The van der Waals surface area contributed by atoms with E-state index < -0.39 is 28.0 Å². The van der Waals surface area contributed by atoms with Gasteiger partial charge in [-0.05, 0) is 26.0 Å². The lowest BCUT2D eigenvalue weighted by Gasteiger charge is -2.25. The molecular weight excluding hydrogens is 309 g/mol. The Balaban J connectivity index is 3.20. The van der Waals surface area contributed by atoms with Crippen LogP contribution in [-0.2, 0) is 21.4 Å². The third kappa shape index (κ3) is 4.13. The molecule has 1 aromatic rings. The molecule has 1 rings (SSSR count). The molecule has 0 aromatic heterocycles. The number of sulfonamides is 1. The first-order chi connectivity index (χ1) is 9.13. The minimum atomic E-state index is -3.95. The highest BCUT2D eigenvalue weighted by atomic mass is 35.5. The van der Waals surface area contributed by atoms with Crippen LogP contribution in [-0.4, -0.2) is 32.8 Å². The zero-order chi connectivity index (χ0) is 15.6. The lowest BCUT2D eigenvalue weighted by atomic mass is 10.1. The zero-order valence-corrected chi connectivity index (χ0v) is 13.0. The van der Waals surface area contributed by atoms with Crippen molar-refractivity contribution >= 4 is 21.6 Å². The molecule has 0 amide bonds. The molecule has 20 heavy (non-hydrogen) atoms. The maximum Gasteiger partial charge on any atom is 0.241 e. The van der Waals surface area contributed by atoms with Crippen molar-refractivity contribution in [2.24, 2.45) is 0 Å². The summed E-state index contributed by atoms with van der Waals surface area (Å²) in [6.07, 6.45) is 0. The number of ether oxygens (including phenoxy) is 1. The molecule has 1 aromatic carbocycles. The van der Waals surface area contributed by atoms with Gasteiger partial charge in [0.1, 0.15) is 5.82 Å². The van der Waals surface area contributed by atoms with Crippen molar-refractivity contribution in [1.29, 1.82) is 0 Å². The van der Waals surface area contributed by atoms with Gasteiger partial charge in [-0.3, -0.25) is 0 Å². The van der Waals surface area contributed by atoms with Gasteiger partial charge in [-0.25, -0.2) is 17.5 Å². The largest absolute Gasteiger partial charge is 0.392 e. The summed E-state index contributed by atoms with van der Waals surface area (Å²) in [4.78, 5) is -0.298. The van der Waals surface area contributed by atoms with Gasteiger partial charge in [0.25, 0.3) is 0 Å². The molecule has 114 valence electrons. The molecule has 0 saturated heterocycles. The molecule has 0 atom stereocenters. The fraction of sp³-hybridized carbons (Fsp3) is 0.500. The number of benzene rings is 1. The van der Waals surface area contributed by atoms with Gasteiger partial charge >= 0.3 is 0 Å². The van der Waals surface area contributed by atoms with E-state index in [1.165, 1.54) is 7.11 Å². The predicted molar refractivity (Wildman–Crippen MR) is 73.6 cm³/mol. The summed E-state index contributed by atoms with van der Waals surface area (Å²) >= 11 is 5.63. The molecule has 0 aliphatic rings. The van der Waals surface area contributed by atoms with Gasteiger partial charge in [0.15, 0.2) is 0 Å². The van der Waals surface area contributed by atoms with E-state index in [0.29, 0.717) is 0 Å². The lowest BCUT2D eigenvalue weighted by molar-refractivity contribution is 0.141. The second kappa shape index (κ2) is 6.36. The molecule has 0 bridgehead atoms. The summed E-state index contributed by atoms with van der Waals surface area (Å²) in [6, 6.07) is 1.95. The topological polar surface area (TPSA) is 75.6 Å². The average molecular weight is 326 g/mol. The number of halogens is 2. The SMILES string of the molecule is COCC(C)(C)NS(=O)(=O)c1cc(F)c(Cl)c(CO)c1. The van der Waals surface area contributed by atoms with E-state index in [9.17, 15) is 12.8 Å². The number of aliphatic hydroxyl groups is 1. The first-order valence-electron chi connectivity index (χ1n) is 5.74. The van der Waals surface area contributed by atoms with Gasteiger partial charge < -0.3 is 9.84 Å². The van der Waals surface area contributed by atoms with Crippen LogP contribution in [0.15, 0.2) is 17.0 Å². The summed E-state index contributed by atoms with van der Waals surface area (Å²) < 4.78 is 45.3. The number of nitrogens with one attached hydrogen (secondary N) is 1. The smallest absolute Gasteiger partial charge is 0.241 e. The van der Waals surface area contributed by atoms with Crippen molar-refractivity contribution in [3.63, 3.8) is 0 Å². The highest BCUT2D eigenvalue weighted by Gasteiger charge is 2.27. The van der Waals surface area contributed by atoms with Crippen LogP contribution in [0.25, 0.3) is 0 Å². The Hall–Kier alpha value is -0.730. The van der Waals surface area contributed by atoms with Gasteiger partial charge in [0.2, 0.25) is 10.0 Å². The Morgan fingerprint density at radius 1 is 1.45 bits per heavy atom. The molecule has 0 radical (unpaired) electrons. The molecule has 0 spiro atoms. The predicted octanol–water partition coefficient (Wildman–Crippen LogP) is 1.67. The summed E-state index contributed by atoms with van der Waals surface area (Å²) in [5, 5.41) is 8.77. The monoisotopic (exact) mass is 325 g/mol. The van der Waals surface area contributed by atoms with E-state index >= 15 is 0 Å². The first kappa shape index (κ1) is 17.3. The lowest BCUT2D eigenvalue weighted by Crippen LogP contribution is -2.46. The molecule has 0 heterocycles. The maximum atomic E-state index is 13.6. The van der Waals surface area contributed by atoms with Crippen molar-refractivity contribution in [3.05, 3.63) is 28.5 Å². The van der Waals surface area contributed by atoms with E-state index in [1.54, 1.807) is 13.8 Å². The molecule has 5 nitrogen and oxygen atoms in total. The van der Waals surface area contributed by atoms with E-state index in [-0.39, 0.29) is 22.1 Å². The number of aliphatic hydroxyl groups excluding tert-OH is 1. The Kier molecular flexibility index (Phi) is 5.51. The van der Waals surface area contributed by atoms with Gasteiger partial charge in [0.05, 0.1) is 28.7 Å². The van der Waals surface area contributed by atoms with Crippen LogP contribution >= 0.6 is 11.6 Å². The van der Waals surface area contributed by atoms with Crippen molar-refractivity contribution in [1.82, 2.24) is 4.72 Å². The Labute approximate surface area is 122 Å². The van der Waals surface area contributed by atoms with Crippen molar-refractivity contribution in [2.75, 3.05) is 13.7 Å². The molecule has 0 fully saturated rings. The molecule has 0 unspecified atom stereocenters. The summed E-state index contributed by atoms with van der Waals surface area (Å²) in [5.74, 6) is -0.900. The second-order valence-corrected chi connectivity index (χ2v) is 7.02. The zero-order valence-electron chi connectivity index (χ0n) is 11.4. The van der Waals surface area contributed by atoms with Crippen molar-refractivity contribution < 1.29 is 22.7 Å². The summed E-state index contributed by atoms with van der Waals surface area (Å²) in [5.41, 5.74) is -0.847. The van der Waals surface area contributed by atoms with Crippen molar-refractivity contribution in [3.8, 4) is 0 Å². The van der Waals surface area contributed by atoms with Crippen LogP contribution in [0.2, 0.25) is 5.02 Å². The third-order valence-corrected chi connectivity index (χ3v) is 4.57. The molecule has 0 aliphatic heterocycles. The van der Waals surface area contributed by atoms with E-state index in [1.807, 2.05) is 0 Å². The number of hydrogen-bond donors (Lipinski definition) is 2. The van der Waals surface area contributed by atoms with Crippen LogP contribution in [0.3, 0.4) is 0 Å². The minimum absolute atomic E-state index is 0.0107. The van der Waals surface area contributed by atoms with Gasteiger partial charge in [-0.1, -0.05) is 11.6 Å². The minimum Gasteiger partial charge on any atom is -0.392 e. The van der Waals surface area contributed by atoms with E-state index in [0.717, 1.165) is 12.1 Å². The van der Waals surface area contributed by atoms with Crippen LogP contribution in [0.5, 0.6) is 0 Å². The van der Waals surface area contributed by atoms with Crippen LogP contribution in [0.4, 0.5) is 4.39 Å². The standard InChI is InChI=1S/C12H17ClFNO4S/c1-12(2,7-19-3)15-20(17,18)9-4-8(6-16)11(13)10(14)5-9/h4-5,15-16H,6-7H2,1-3H3. The van der Waals surface area contributed by atoms with Crippen LogP contribution in [0.1, 0.15) is 19.4 Å². The Morgan fingerprint density at radius 2 is 2.05 bits per heavy atom. The maximum absolute atomic E-state index is 13.6. The highest BCUT2D eigenvalue weighted by molar-refractivity contribution is 7.89. The van der Waals surface area contributed by atoms with E-state index in [4.69, 9.17) is 21.4 Å². The van der Waals surface area contributed by atoms with Crippen LogP contribution in [0, 0.1) is 5.82 Å². The molecule has 8 heteroatoms.